The molecule has 4 atom stereocenters. The minimum atomic E-state index is -0.373. The zero-order chi connectivity index (χ0) is 16.8. The van der Waals surface area contributed by atoms with Gasteiger partial charge in [-0.1, -0.05) is 0 Å². The summed E-state index contributed by atoms with van der Waals surface area (Å²) >= 11 is 0. The lowest BCUT2D eigenvalue weighted by Crippen LogP contribution is -2.35. The number of carbonyl (C=O) groups is 3. The molecule has 2 saturated carbocycles. The highest BCUT2D eigenvalue weighted by Crippen LogP contribution is 2.56. The number of rotatable bonds is 4. The first-order valence-corrected chi connectivity index (χ1v) is 8.45. The fourth-order valence-corrected chi connectivity index (χ4v) is 4.66. The number of hydrogen-bond acceptors (Lipinski definition) is 3. The Balaban J connectivity index is 1.36. The quantitative estimate of drug-likeness (QED) is 0.861. The van der Waals surface area contributed by atoms with Gasteiger partial charge in [0, 0.05) is 18.7 Å². The molecule has 1 N–H and O–H groups in total. The molecule has 24 heavy (non-hydrogen) atoms. The predicted octanol–water partition coefficient (Wildman–Crippen LogP) is 2.19. The number of benzene rings is 1. The number of hydrogen-bond donors (Lipinski definition) is 1. The molecule has 1 aliphatic heterocycles. The number of halogens is 1. The lowest BCUT2D eigenvalue weighted by Gasteiger charge is -2.19. The van der Waals surface area contributed by atoms with Gasteiger partial charge in [-0.15, -0.1) is 0 Å². The summed E-state index contributed by atoms with van der Waals surface area (Å²) in [5.41, 5.74) is 0.496. The summed E-state index contributed by atoms with van der Waals surface area (Å²) in [5.74, 6) is -0.417. The Morgan fingerprint density at radius 2 is 1.67 bits per heavy atom. The predicted molar refractivity (Wildman–Crippen MR) is 84.2 cm³/mol. The number of nitrogens with zero attached hydrogens (tertiary/aromatic N) is 1. The second kappa shape index (κ2) is 5.69. The van der Waals surface area contributed by atoms with Crippen LogP contribution >= 0.6 is 0 Å². The molecule has 4 rings (SSSR count). The van der Waals surface area contributed by atoms with Gasteiger partial charge in [0.2, 0.25) is 17.7 Å². The molecule has 126 valence electrons. The van der Waals surface area contributed by atoms with Crippen molar-refractivity contribution < 1.29 is 18.8 Å². The molecule has 1 aromatic carbocycles. The molecule has 0 spiro atoms. The Kier molecular flexibility index (Phi) is 3.62. The SMILES string of the molecule is O=C(CCN1C(=O)[C@@H]2[C@H]3CC[C@@H](C3)[C@@H]2C1=O)Nc1ccc(F)cc1. The number of imide groups is 1. The highest BCUT2D eigenvalue weighted by Gasteiger charge is 2.60. The smallest absolute Gasteiger partial charge is 0.233 e. The van der Waals surface area contributed by atoms with Crippen LogP contribution in [-0.4, -0.2) is 29.2 Å². The maximum Gasteiger partial charge on any atom is 0.233 e. The lowest BCUT2D eigenvalue weighted by molar-refractivity contribution is -0.140. The summed E-state index contributed by atoms with van der Waals surface area (Å²) in [7, 11) is 0. The number of anilines is 1. The van der Waals surface area contributed by atoms with E-state index in [1.165, 1.54) is 29.2 Å². The zero-order valence-corrected chi connectivity index (χ0v) is 13.2. The average molecular weight is 330 g/mol. The van der Waals surface area contributed by atoms with Crippen molar-refractivity contribution in [1.82, 2.24) is 4.90 Å². The average Bonchev–Trinajstić information content (AvgIpc) is 3.23. The minimum absolute atomic E-state index is 0.0592. The van der Waals surface area contributed by atoms with Gasteiger partial charge in [0.05, 0.1) is 11.8 Å². The van der Waals surface area contributed by atoms with E-state index in [4.69, 9.17) is 0 Å². The van der Waals surface area contributed by atoms with Crippen LogP contribution in [0, 0.1) is 29.5 Å². The fraction of sp³-hybridized carbons (Fsp3) is 0.500. The van der Waals surface area contributed by atoms with Crippen LogP contribution in [0.2, 0.25) is 0 Å². The first-order chi connectivity index (χ1) is 11.5. The molecule has 1 heterocycles. The van der Waals surface area contributed by atoms with E-state index in [9.17, 15) is 18.8 Å². The largest absolute Gasteiger partial charge is 0.326 e. The monoisotopic (exact) mass is 330 g/mol. The summed E-state index contributed by atoms with van der Waals surface area (Å²) in [6, 6.07) is 5.48. The van der Waals surface area contributed by atoms with Gasteiger partial charge in [-0.2, -0.15) is 0 Å². The highest BCUT2D eigenvalue weighted by atomic mass is 19.1. The van der Waals surface area contributed by atoms with Gasteiger partial charge >= 0.3 is 0 Å². The summed E-state index contributed by atoms with van der Waals surface area (Å²) in [5, 5.41) is 2.65. The molecule has 1 saturated heterocycles. The van der Waals surface area contributed by atoms with E-state index in [0.29, 0.717) is 17.5 Å². The second-order valence-corrected chi connectivity index (χ2v) is 7.02. The summed E-state index contributed by atoms with van der Waals surface area (Å²) in [6.45, 7) is 0.122. The van der Waals surface area contributed by atoms with Crippen molar-refractivity contribution in [2.45, 2.75) is 25.7 Å². The van der Waals surface area contributed by atoms with Gasteiger partial charge in [-0.05, 0) is 55.4 Å². The molecule has 3 fully saturated rings. The van der Waals surface area contributed by atoms with Crippen molar-refractivity contribution in [2.24, 2.45) is 23.7 Å². The zero-order valence-electron chi connectivity index (χ0n) is 13.2. The third-order valence-corrected chi connectivity index (χ3v) is 5.71. The van der Waals surface area contributed by atoms with Crippen LogP contribution in [0.1, 0.15) is 25.7 Å². The van der Waals surface area contributed by atoms with E-state index in [0.717, 1.165) is 19.3 Å². The van der Waals surface area contributed by atoms with Crippen molar-refractivity contribution in [2.75, 3.05) is 11.9 Å². The topological polar surface area (TPSA) is 66.5 Å². The lowest BCUT2D eigenvalue weighted by atomic mass is 9.81. The van der Waals surface area contributed by atoms with E-state index in [1.807, 2.05) is 0 Å². The standard InChI is InChI=1S/C18H19FN2O3/c19-12-3-5-13(6-4-12)20-14(22)7-8-21-17(23)15-10-1-2-11(9-10)16(15)18(21)24/h3-6,10-11,15-16H,1-2,7-9H2,(H,20,22)/t10-,11-,15-,16+/m0/s1. The number of carbonyl (C=O) groups excluding carboxylic acids is 3. The highest BCUT2D eigenvalue weighted by molar-refractivity contribution is 6.06. The van der Waals surface area contributed by atoms with Crippen molar-refractivity contribution in [1.29, 1.82) is 0 Å². The molecule has 0 radical (unpaired) electrons. The maximum absolute atomic E-state index is 12.8. The molecule has 0 unspecified atom stereocenters. The molecule has 3 amide bonds. The molecular weight excluding hydrogens is 311 g/mol. The third-order valence-electron chi connectivity index (χ3n) is 5.71. The van der Waals surface area contributed by atoms with Gasteiger partial charge in [0.15, 0.2) is 0 Å². The molecule has 2 aliphatic carbocycles. The second-order valence-electron chi connectivity index (χ2n) is 7.02. The van der Waals surface area contributed by atoms with Crippen LogP contribution in [0.15, 0.2) is 24.3 Å². The Bertz CT molecular complexity index is 675. The van der Waals surface area contributed by atoms with Gasteiger partial charge in [0.1, 0.15) is 5.82 Å². The van der Waals surface area contributed by atoms with Crippen LogP contribution in [0.3, 0.4) is 0 Å². The van der Waals surface area contributed by atoms with Gasteiger partial charge in [-0.25, -0.2) is 4.39 Å². The summed E-state index contributed by atoms with van der Waals surface area (Å²) in [4.78, 5) is 38.3. The Morgan fingerprint density at radius 3 is 2.25 bits per heavy atom. The first-order valence-electron chi connectivity index (χ1n) is 8.45. The van der Waals surface area contributed by atoms with Crippen molar-refractivity contribution in [3.63, 3.8) is 0 Å². The van der Waals surface area contributed by atoms with E-state index < -0.39 is 0 Å². The van der Waals surface area contributed by atoms with Gasteiger partial charge in [-0.3, -0.25) is 19.3 Å². The molecule has 2 bridgehead atoms. The normalized spacial score (nSPS) is 30.8. The maximum atomic E-state index is 12.8. The number of likely N-dealkylation sites (tertiary alicyclic amines) is 1. The molecule has 3 aliphatic rings. The van der Waals surface area contributed by atoms with Gasteiger partial charge in [0.25, 0.3) is 0 Å². The summed E-state index contributed by atoms with van der Waals surface area (Å²) in [6.07, 6.45) is 3.16. The van der Waals surface area contributed by atoms with E-state index in [1.54, 1.807) is 0 Å². The minimum Gasteiger partial charge on any atom is -0.326 e. The van der Waals surface area contributed by atoms with E-state index in [-0.39, 0.29) is 48.3 Å². The van der Waals surface area contributed by atoms with E-state index >= 15 is 0 Å². The molecule has 0 aromatic heterocycles. The van der Waals surface area contributed by atoms with Crippen LogP contribution in [0.4, 0.5) is 10.1 Å². The summed E-state index contributed by atoms with van der Waals surface area (Å²) < 4.78 is 12.8. The first kappa shape index (κ1) is 15.3. The van der Waals surface area contributed by atoms with Crippen LogP contribution < -0.4 is 5.32 Å². The van der Waals surface area contributed by atoms with E-state index in [2.05, 4.69) is 5.32 Å². The van der Waals surface area contributed by atoms with Gasteiger partial charge < -0.3 is 5.32 Å². The fourth-order valence-electron chi connectivity index (χ4n) is 4.66. The van der Waals surface area contributed by atoms with Crippen LogP contribution in [0.5, 0.6) is 0 Å². The van der Waals surface area contributed by atoms with Crippen molar-refractivity contribution in [3.05, 3.63) is 30.1 Å². The Labute approximate surface area is 139 Å². The number of amides is 3. The van der Waals surface area contributed by atoms with Crippen LogP contribution in [-0.2, 0) is 14.4 Å². The van der Waals surface area contributed by atoms with Crippen LogP contribution in [0.25, 0.3) is 0 Å². The Morgan fingerprint density at radius 1 is 1.08 bits per heavy atom. The molecule has 6 heteroatoms. The molecule has 1 aromatic rings. The number of nitrogens with one attached hydrogen (secondary N) is 1. The third kappa shape index (κ3) is 2.41. The Hall–Kier alpha value is -2.24. The van der Waals surface area contributed by atoms with Crippen molar-refractivity contribution in [3.8, 4) is 0 Å². The van der Waals surface area contributed by atoms with Crippen molar-refractivity contribution >= 4 is 23.4 Å². The molecule has 5 nitrogen and oxygen atoms in total. The number of fused-ring (bicyclic) bond motifs is 5. The molecular formula is C18H19FN2O3.